The molecule has 1 aliphatic rings. The summed E-state index contributed by atoms with van der Waals surface area (Å²) in [6, 6.07) is 7.35. The Morgan fingerprint density at radius 3 is 2.80 bits per heavy atom. The van der Waals surface area contributed by atoms with E-state index in [2.05, 4.69) is 15.9 Å². The Hall–Kier alpha value is -1.07. The van der Waals surface area contributed by atoms with E-state index in [1.807, 2.05) is 24.3 Å². The minimum atomic E-state index is -0.539. The molecule has 0 aliphatic carbocycles. The van der Waals surface area contributed by atoms with Gasteiger partial charge in [0.15, 0.2) is 6.10 Å². The van der Waals surface area contributed by atoms with E-state index in [0.29, 0.717) is 12.3 Å². The summed E-state index contributed by atoms with van der Waals surface area (Å²) in [7, 11) is 0. The molecule has 1 aromatic carbocycles. The van der Waals surface area contributed by atoms with Crippen molar-refractivity contribution in [2.24, 2.45) is 0 Å². The number of aliphatic hydroxyl groups is 1. The van der Waals surface area contributed by atoms with Gasteiger partial charge in [0.1, 0.15) is 5.75 Å². The number of nitrogens with zero attached hydrogens (tertiary/aromatic N) is 1. The van der Waals surface area contributed by atoms with Crippen LogP contribution in [0.2, 0.25) is 0 Å². The summed E-state index contributed by atoms with van der Waals surface area (Å²) in [5, 5.41) is 9.37. The van der Waals surface area contributed by atoms with Gasteiger partial charge >= 0.3 is 0 Å². The molecule has 0 spiro atoms. The first kappa shape index (κ1) is 15.3. The molecule has 2 unspecified atom stereocenters. The van der Waals surface area contributed by atoms with Crippen LogP contribution < -0.4 is 4.74 Å². The average molecular weight is 342 g/mol. The Morgan fingerprint density at radius 1 is 1.45 bits per heavy atom. The van der Waals surface area contributed by atoms with Gasteiger partial charge in [-0.15, -0.1) is 0 Å². The Bertz CT molecular complexity index is 449. The molecule has 1 aliphatic heterocycles. The van der Waals surface area contributed by atoms with E-state index in [0.717, 1.165) is 23.7 Å². The number of hydrogen-bond acceptors (Lipinski definition) is 3. The standard InChI is InChI=1S/C15H20BrNO3/c1-11(20-14-7-5-12(16)6-8-14)15(19)17-9-3-2-4-13(17)10-18/h5-8,11,13,18H,2-4,9-10H2,1H3. The van der Waals surface area contributed by atoms with Gasteiger partial charge in [-0.2, -0.15) is 0 Å². The first-order valence-corrected chi connectivity index (χ1v) is 7.74. The lowest BCUT2D eigenvalue weighted by atomic mass is 10.0. The minimum absolute atomic E-state index is 0.0245. The maximum atomic E-state index is 12.4. The molecule has 110 valence electrons. The van der Waals surface area contributed by atoms with Crippen molar-refractivity contribution in [3.63, 3.8) is 0 Å². The number of ether oxygens (including phenoxy) is 1. The zero-order valence-corrected chi connectivity index (χ0v) is 13.2. The van der Waals surface area contributed by atoms with Crippen molar-refractivity contribution >= 4 is 21.8 Å². The second-order valence-electron chi connectivity index (χ2n) is 5.08. The summed E-state index contributed by atoms with van der Waals surface area (Å²) in [6.45, 7) is 2.49. The molecule has 1 saturated heterocycles. The Labute approximate surface area is 127 Å². The number of halogens is 1. The molecule has 0 aromatic heterocycles. The SMILES string of the molecule is CC(Oc1ccc(Br)cc1)C(=O)N1CCCCC1CO. The smallest absolute Gasteiger partial charge is 0.263 e. The molecule has 1 aromatic rings. The fraction of sp³-hybridized carbons (Fsp3) is 0.533. The van der Waals surface area contributed by atoms with Gasteiger partial charge in [-0.1, -0.05) is 15.9 Å². The molecular formula is C15H20BrNO3. The van der Waals surface area contributed by atoms with Gasteiger partial charge < -0.3 is 14.7 Å². The number of carbonyl (C=O) groups is 1. The third-order valence-corrected chi connectivity index (χ3v) is 4.12. The van der Waals surface area contributed by atoms with Gasteiger partial charge in [-0.05, 0) is 50.5 Å². The predicted octanol–water partition coefficient (Wildman–Crippen LogP) is 2.59. The summed E-state index contributed by atoms with van der Waals surface area (Å²) < 4.78 is 6.66. The van der Waals surface area contributed by atoms with Gasteiger partial charge in [-0.3, -0.25) is 4.79 Å². The molecule has 1 fully saturated rings. The van der Waals surface area contributed by atoms with Crippen molar-refractivity contribution in [3.8, 4) is 5.75 Å². The average Bonchev–Trinajstić information content (AvgIpc) is 2.48. The molecule has 1 heterocycles. The number of carbonyl (C=O) groups excluding carboxylic acids is 1. The first-order chi connectivity index (χ1) is 9.61. The molecule has 1 amide bonds. The van der Waals surface area contributed by atoms with Crippen LogP contribution in [0.15, 0.2) is 28.7 Å². The molecule has 1 N–H and O–H groups in total. The quantitative estimate of drug-likeness (QED) is 0.915. The highest BCUT2D eigenvalue weighted by Crippen LogP contribution is 2.21. The lowest BCUT2D eigenvalue weighted by Crippen LogP contribution is -2.50. The van der Waals surface area contributed by atoms with Gasteiger partial charge in [0.2, 0.25) is 0 Å². The van der Waals surface area contributed by atoms with Crippen LogP contribution in [-0.2, 0) is 4.79 Å². The van der Waals surface area contributed by atoms with Gasteiger partial charge in [0.05, 0.1) is 12.6 Å². The number of rotatable bonds is 4. The Balaban J connectivity index is 1.98. The van der Waals surface area contributed by atoms with Crippen molar-refractivity contribution in [1.29, 1.82) is 0 Å². The summed E-state index contributed by atoms with van der Waals surface area (Å²) in [6.07, 6.45) is 2.39. The lowest BCUT2D eigenvalue weighted by Gasteiger charge is -2.36. The number of aliphatic hydroxyl groups excluding tert-OH is 1. The number of amides is 1. The molecular weight excluding hydrogens is 322 g/mol. The van der Waals surface area contributed by atoms with Crippen LogP contribution in [0.1, 0.15) is 26.2 Å². The Kier molecular flexibility index (Phi) is 5.43. The highest BCUT2D eigenvalue weighted by atomic mass is 79.9. The van der Waals surface area contributed by atoms with Crippen LogP contribution in [0.4, 0.5) is 0 Å². The number of piperidine rings is 1. The van der Waals surface area contributed by atoms with E-state index in [9.17, 15) is 9.90 Å². The zero-order chi connectivity index (χ0) is 14.5. The van der Waals surface area contributed by atoms with Crippen LogP contribution in [0.25, 0.3) is 0 Å². The van der Waals surface area contributed by atoms with Gasteiger partial charge in [0.25, 0.3) is 5.91 Å². The van der Waals surface area contributed by atoms with E-state index in [1.165, 1.54) is 0 Å². The van der Waals surface area contributed by atoms with Crippen LogP contribution in [0, 0.1) is 0 Å². The summed E-state index contributed by atoms with van der Waals surface area (Å²) >= 11 is 3.36. The second kappa shape index (κ2) is 7.09. The summed E-state index contributed by atoms with van der Waals surface area (Å²) in [5.41, 5.74) is 0. The Morgan fingerprint density at radius 2 is 2.15 bits per heavy atom. The maximum absolute atomic E-state index is 12.4. The maximum Gasteiger partial charge on any atom is 0.263 e. The zero-order valence-electron chi connectivity index (χ0n) is 11.6. The molecule has 5 heteroatoms. The molecule has 0 radical (unpaired) electrons. The van der Waals surface area contributed by atoms with Crippen molar-refractivity contribution in [1.82, 2.24) is 4.90 Å². The van der Waals surface area contributed by atoms with E-state index in [1.54, 1.807) is 11.8 Å². The molecule has 2 rings (SSSR count). The molecule has 4 nitrogen and oxygen atoms in total. The van der Waals surface area contributed by atoms with Crippen LogP contribution in [-0.4, -0.2) is 41.2 Å². The van der Waals surface area contributed by atoms with Crippen molar-refractivity contribution in [2.75, 3.05) is 13.2 Å². The number of likely N-dealkylation sites (tertiary alicyclic amines) is 1. The van der Waals surface area contributed by atoms with E-state index < -0.39 is 6.10 Å². The van der Waals surface area contributed by atoms with Crippen molar-refractivity contribution in [3.05, 3.63) is 28.7 Å². The second-order valence-corrected chi connectivity index (χ2v) is 5.99. The lowest BCUT2D eigenvalue weighted by molar-refractivity contribution is -0.142. The third kappa shape index (κ3) is 3.73. The monoisotopic (exact) mass is 341 g/mol. The first-order valence-electron chi connectivity index (χ1n) is 6.95. The fourth-order valence-corrected chi connectivity index (χ4v) is 2.75. The molecule has 20 heavy (non-hydrogen) atoms. The molecule has 2 atom stereocenters. The van der Waals surface area contributed by atoms with Crippen molar-refractivity contribution < 1.29 is 14.6 Å². The summed E-state index contributed by atoms with van der Waals surface area (Å²) in [4.78, 5) is 14.2. The largest absolute Gasteiger partial charge is 0.481 e. The fourth-order valence-electron chi connectivity index (χ4n) is 2.48. The van der Waals surface area contributed by atoms with Crippen LogP contribution in [0.3, 0.4) is 0 Å². The normalized spacial score (nSPS) is 20.6. The van der Waals surface area contributed by atoms with Gasteiger partial charge in [-0.25, -0.2) is 0 Å². The van der Waals surface area contributed by atoms with Crippen molar-refractivity contribution in [2.45, 2.75) is 38.3 Å². The number of benzene rings is 1. The highest BCUT2D eigenvalue weighted by Gasteiger charge is 2.30. The van der Waals surface area contributed by atoms with Crippen LogP contribution >= 0.6 is 15.9 Å². The topological polar surface area (TPSA) is 49.8 Å². The third-order valence-electron chi connectivity index (χ3n) is 3.60. The van der Waals surface area contributed by atoms with E-state index in [4.69, 9.17) is 4.74 Å². The van der Waals surface area contributed by atoms with Gasteiger partial charge in [0, 0.05) is 11.0 Å². The minimum Gasteiger partial charge on any atom is -0.481 e. The molecule has 0 bridgehead atoms. The highest BCUT2D eigenvalue weighted by molar-refractivity contribution is 9.10. The number of hydrogen-bond donors (Lipinski definition) is 1. The van der Waals surface area contributed by atoms with E-state index >= 15 is 0 Å². The van der Waals surface area contributed by atoms with E-state index in [-0.39, 0.29) is 18.6 Å². The predicted molar refractivity (Wildman–Crippen MR) is 80.7 cm³/mol. The van der Waals surface area contributed by atoms with Crippen LogP contribution in [0.5, 0.6) is 5.75 Å². The summed E-state index contributed by atoms with van der Waals surface area (Å²) in [5.74, 6) is 0.623. The molecule has 0 saturated carbocycles.